The van der Waals surface area contributed by atoms with Crippen molar-refractivity contribution in [2.45, 2.75) is 89.9 Å². The largest absolute Gasteiger partial charge is 0.179 e. The maximum Gasteiger partial charge on any atom is -0.00979 e. The number of aryl methyl sites for hydroxylation is 1. The first-order chi connectivity index (χ1) is 10.9. The number of thiol groups is 1. The smallest absolute Gasteiger partial charge is 0.00979 e. The molecule has 0 bridgehead atoms. The summed E-state index contributed by atoms with van der Waals surface area (Å²) >= 11 is 4.25. The molecule has 1 aromatic rings. The maximum absolute atomic E-state index is 4.25. The van der Waals surface area contributed by atoms with Crippen LogP contribution in [0.2, 0.25) is 0 Å². The summed E-state index contributed by atoms with van der Waals surface area (Å²) in [6.45, 7) is 0. The lowest BCUT2D eigenvalue weighted by Crippen LogP contribution is -1.86. The zero-order chi connectivity index (χ0) is 15.7. The standard InChI is InChI=1S/C21H36S/c22-20-16-11-9-7-5-3-1-2-4-6-8-10-13-17-21-18-14-12-15-19-21/h12,14-15,18-19,22H,1-11,13,16-17,20H2. The minimum absolute atomic E-state index is 1.06. The molecule has 0 aliphatic rings. The molecule has 1 rings (SSSR count). The third-order valence-electron chi connectivity index (χ3n) is 4.47. The number of rotatable bonds is 15. The van der Waals surface area contributed by atoms with E-state index in [0.29, 0.717) is 0 Å². The summed E-state index contributed by atoms with van der Waals surface area (Å²) in [4.78, 5) is 0. The van der Waals surface area contributed by atoms with Gasteiger partial charge in [0.15, 0.2) is 0 Å². The molecular weight excluding hydrogens is 284 g/mol. The Labute approximate surface area is 144 Å². The zero-order valence-electron chi connectivity index (χ0n) is 14.4. The molecule has 0 aliphatic heterocycles. The van der Waals surface area contributed by atoms with E-state index in [4.69, 9.17) is 0 Å². The van der Waals surface area contributed by atoms with Crippen molar-refractivity contribution in [2.24, 2.45) is 0 Å². The Hall–Kier alpha value is -0.430. The van der Waals surface area contributed by atoms with Gasteiger partial charge in [0.05, 0.1) is 0 Å². The van der Waals surface area contributed by atoms with Crippen LogP contribution < -0.4 is 0 Å². The fraction of sp³-hybridized carbons (Fsp3) is 0.714. The molecule has 0 nitrogen and oxygen atoms in total. The molecule has 1 aromatic carbocycles. The second-order valence-corrected chi connectivity index (χ2v) is 7.00. The summed E-state index contributed by atoms with van der Waals surface area (Å²) in [6.07, 6.45) is 19.7. The summed E-state index contributed by atoms with van der Waals surface area (Å²) in [5.74, 6) is 1.06. The summed E-state index contributed by atoms with van der Waals surface area (Å²) in [7, 11) is 0. The molecule has 0 spiro atoms. The van der Waals surface area contributed by atoms with Gasteiger partial charge in [0.2, 0.25) is 0 Å². The molecule has 0 amide bonds. The van der Waals surface area contributed by atoms with Crippen molar-refractivity contribution in [1.82, 2.24) is 0 Å². The van der Waals surface area contributed by atoms with Crippen LogP contribution in [0.25, 0.3) is 0 Å². The highest BCUT2D eigenvalue weighted by molar-refractivity contribution is 7.80. The van der Waals surface area contributed by atoms with Gasteiger partial charge in [0.25, 0.3) is 0 Å². The van der Waals surface area contributed by atoms with E-state index in [0.717, 1.165) is 5.75 Å². The average Bonchev–Trinajstić information content (AvgIpc) is 2.56. The molecule has 0 atom stereocenters. The molecule has 0 fully saturated rings. The van der Waals surface area contributed by atoms with Gasteiger partial charge in [-0.05, 0) is 30.6 Å². The molecule has 22 heavy (non-hydrogen) atoms. The summed E-state index contributed by atoms with van der Waals surface area (Å²) < 4.78 is 0. The minimum atomic E-state index is 1.06. The Morgan fingerprint density at radius 2 is 0.909 bits per heavy atom. The number of benzene rings is 1. The molecule has 0 N–H and O–H groups in total. The Morgan fingerprint density at radius 3 is 1.36 bits per heavy atom. The van der Waals surface area contributed by atoms with E-state index in [2.05, 4.69) is 43.0 Å². The molecule has 0 unspecified atom stereocenters. The molecule has 0 saturated heterocycles. The third-order valence-corrected chi connectivity index (χ3v) is 4.78. The topological polar surface area (TPSA) is 0 Å². The van der Waals surface area contributed by atoms with Crippen LogP contribution in [0.3, 0.4) is 0 Å². The highest BCUT2D eigenvalue weighted by Gasteiger charge is 1.95. The van der Waals surface area contributed by atoms with Gasteiger partial charge in [-0.3, -0.25) is 0 Å². The van der Waals surface area contributed by atoms with Crippen LogP contribution in [0.15, 0.2) is 30.3 Å². The summed E-state index contributed by atoms with van der Waals surface area (Å²) in [5.41, 5.74) is 1.50. The SMILES string of the molecule is SCCCCCCCCCCCCCCCc1ccccc1. The minimum Gasteiger partial charge on any atom is -0.179 e. The lowest BCUT2D eigenvalue weighted by Gasteiger charge is -2.03. The van der Waals surface area contributed by atoms with Gasteiger partial charge in [-0.1, -0.05) is 101 Å². The first-order valence-corrected chi connectivity index (χ1v) is 10.2. The van der Waals surface area contributed by atoms with Crippen molar-refractivity contribution in [1.29, 1.82) is 0 Å². The highest BCUT2D eigenvalue weighted by atomic mass is 32.1. The molecule has 126 valence electrons. The van der Waals surface area contributed by atoms with E-state index >= 15 is 0 Å². The van der Waals surface area contributed by atoms with Crippen LogP contribution in [-0.2, 0) is 6.42 Å². The fourth-order valence-corrected chi connectivity index (χ4v) is 3.25. The van der Waals surface area contributed by atoms with E-state index in [9.17, 15) is 0 Å². The van der Waals surface area contributed by atoms with Crippen LogP contribution in [0.4, 0.5) is 0 Å². The lowest BCUT2D eigenvalue weighted by molar-refractivity contribution is 0.540. The van der Waals surface area contributed by atoms with Gasteiger partial charge >= 0.3 is 0 Å². The average molecular weight is 321 g/mol. The first-order valence-electron chi connectivity index (χ1n) is 9.58. The number of hydrogen-bond acceptors (Lipinski definition) is 1. The molecule has 0 saturated carbocycles. The Balaban J connectivity index is 1.73. The van der Waals surface area contributed by atoms with E-state index < -0.39 is 0 Å². The predicted octanol–water partition coefficient (Wildman–Crippen LogP) is 7.23. The summed E-state index contributed by atoms with van der Waals surface area (Å²) in [5, 5.41) is 0. The maximum atomic E-state index is 4.25. The van der Waals surface area contributed by atoms with Gasteiger partial charge < -0.3 is 0 Å². The first kappa shape index (κ1) is 19.6. The van der Waals surface area contributed by atoms with Gasteiger partial charge in [0, 0.05) is 0 Å². The van der Waals surface area contributed by atoms with Crippen molar-refractivity contribution in [3.63, 3.8) is 0 Å². The second-order valence-electron chi connectivity index (χ2n) is 6.56. The van der Waals surface area contributed by atoms with Crippen LogP contribution in [0.5, 0.6) is 0 Å². The van der Waals surface area contributed by atoms with Crippen LogP contribution in [-0.4, -0.2) is 5.75 Å². The van der Waals surface area contributed by atoms with Gasteiger partial charge in [-0.25, -0.2) is 0 Å². The van der Waals surface area contributed by atoms with Crippen LogP contribution >= 0.6 is 12.6 Å². The van der Waals surface area contributed by atoms with E-state index in [1.165, 1.54) is 95.5 Å². The number of hydrogen-bond donors (Lipinski definition) is 1. The molecule has 0 aromatic heterocycles. The zero-order valence-corrected chi connectivity index (χ0v) is 15.3. The Bertz CT molecular complexity index is 320. The molecule has 1 heteroatoms. The van der Waals surface area contributed by atoms with E-state index in [1.807, 2.05) is 0 Å². The van der Waals surface area contributed by atoms with E-state index in [-0.39, 0.29) is 0 Å². The normalized spacial score (nSPS) is 11.0. The molecule has 0 radical (unpaired) electrons. The van der Waals surface area contributed by atoms with Crippen molar-refractivity contribution in [2.75, 3.05) is 5.75 Å². The lowest BCUT2D eigenvalue weighted by atomic mass is 10.0. The Morgan fingerprint density at radius 1 is 0.500 bits per heavy atom. The molecular formula is C21H36S. The van der Waals surface area contributed by atoms with Crippen molar-refractivity contribution in [3.05, 3.63) is 35.9 Å². The quantitative estimate of drug-likeness (QED) is 0.256. The van der Waals surface area contributed by atoms with Crippen molar-refractivity contribution >= 4 is 12.6 Å². The van der Waals surface area contributed by atoms with Gasteiger partial charge in [-0.2, -0.15) is 12.6 Å². The molecule has 0 heterocycles. The monoisotopic (exact) mass is 320 g/mol. The summed E-state index contributed by atoms with van der Waals surface area (Å²) in [6, 6.07) is 10.9. The van der Waals surface area contributed by atoms with Gasteiger partial charge in [-0.15, -0.1) is 0 Å². The second kappa shape index (κ2) is 15.5. The van der Waals surface area contributed by atoms with Crippen molar-refractivity contribution in [3.8, 4) is 0 Å². The fourth-order valence-electron chi connectivity index (χ4n) is 3.03. The van der Waals surface area contributed by atoms with E-state index in [1.54, 1.807) is 0 Å². The highest BCUT2D eigenvalue weighted by Crippen LogP contribution is 2.13. The predicted molar refractivity (Wildman–Crippen MR) is 104 cm³/mol. The van der Waals surface area contributed by atoms with Gasteiger partial charge in [0.1, 0.15) is 0 Å². The number of unbranched alkanes of at least 4 members (excludes halogenated alkanes) is 12. The van der Waals surface area contributed by atoms with Crippen LogP contribution in [0, 0.1) is 0 Å². The van der Waals surface area contributed by atoms with Crippen molar-refractivity contribution < 1.29 is 0 Å². The Kier molecular flexibility index (Phi) is 13.8. The third kappa shape index (κ3) is 12.1. The molecule has 0 aliphatic carbocycles. The van der Waals surface area contributed by atoms with Crippen LogP contribution in [0.1, 0.15) is 89.0 Å².